The number of benzene rings is 1. The predicted molar refractivity (Wildman–Crippen MR) is 103 cm³/mol. The first-order valence-corrected chi connectivity index (χ1v) is 10.9. The molecular formula is C17H23N3O3S2. The lowest BCUT2D eigenvalue weighted by Crippen LogP contribution is -2.41. The summed E-state index contributed by atoms with van der Waals surface area (Å²) in [4.78, 5) is 5.04. The molecule has 2 atom stereocenters. The van der Waals surface area contributed by atoms with Crippen LogP contribution in [0, 0.1) is 5.92 Å². The summed E-state index contributed by atoms with van der Waals surface area (Å²) in [6.07, 6.45) is 0.0688. The second kappa shape index (κ2) is 7.72. The smallest absolute Gasteiger partial charge is 0.191 e. The van der Waals surface area contributed by atoms with E-state index in [1.54, 1.807) is 18.4 Å². The molecule has 0 amide bonds. The topological polar surface area (TPSA) is 90.8 Å². The Morgan fingerprint density at radius 3 is 2.88 bits per heavy atom. The molecule has 1 aromatic heterocycles. The van der Waals surface area contributed by atoms with Gasteiger partial charge in [0.15, 0.2) is 15.8 Å². The summed E-state index contributed by atoms with van der Waals surface area (Å²) in [5.74, 6) is 1.21. The molecule has 3 N–H and O–H groups in total. The molecule has 2 aromatic rings. The van der Waals surface area contributed by atoms with Crippen LogP contribution in [0.25, 0.3) is 10.1 Å². The second-order valence-electron chi connectivity index (χ2n) is 6.31. The van der Waals surface area contributed by atoms with Crippen LogP contribution >= 0.6 is 11.3 Å². The third kappa shape index (κ3) is 4.71. The number of guanidine groups is 1. The number of hydrogen-bond donors (Lipinski definition) is 3. The number of thiophene rings is 1. The second-order valence-corrected chi connectivity index (χ2v) is 9.65. The lowest BCUT2D eigenvalue weighted by Gasteiger charge is -2.16. The largest absolute Gasteiger partial charge is 0.386 e. The van der Waals surface area contributed by atoms with Crippen molar-refractivity contribution in [3.05, 3.63) is 35.2 Å². The number of aliphatic hydroxyl groups excluding tert-OH is 1. The number of nitrogens with zero attached hydrogens (tertiary/aromatic N) is 1. The van der Waals surface area contributed by atoms with Crippen LogP contribution in [0.1, 0.15) is 17.4 Å². The van der Waals surface area contributed by atoms with Crippen LogP contribution in [0.5, 0.6) is 0 Å². The van der Waals surface area contributed by atoms with Crippen LogP contribution < -0.4 is 10.6 Å². The Labute approximate surface area is 151 Å². The molecule has 3 rings (SSSR count). The standard InChI is InChI=1S/C17H23N3O3S2/c1-18-17(19-9-12-6-7-25(22,23)11-12)20-10-14(21)16-8-13-4-2-3-5-15(13)24-16/h2-5,8,12,14,21H,6-7,9-11H2,1H3,(H2,18,19,20). The van der Waals surface area contributed by atoms with Gasteiger partial charge in [0.1, 0.15) is 6.10 Å². The SMILES string of the molecule is CN=C(NCC1CCS(=O)(=O)C1)NCC(O)c1cc2ccccc2s1. The zero-order chi connectivity index (χ0) is 17.9. The lowest BCUT2D eigenvalue weighted by molar-refractivity contribution is 0.184. The molecule has 1 saturated heterocycles. The third-order valence-corrected chi connectivity index (χ3v) is 7.40. The molecule has 0 aliphatic carbocycles. The molecule has 0 spiro atoms. The lowest BCUT2D eigenvalue weighted by atomic mass is 10.1. The fourth-order valence-electron chi connectivity index (χ4n) is 2.96. The first-order chi connectivity index (χ1) is 12.0. The summed E-state index contributed by atoms with van der Waals surface area (Å²) in [6.45, 7) is 0.910. The van der Waals surface area contributed by atoms with Gasteiger partial charge in [0, 0.05) is 29.7 Å². The van der Waals surface area contributed by atoms with E-state index in [-0.39, 0.29) is 17.4 Å². The highest BCUT2D eigenvalue weighted by atomic mass is 32.2. The number of sulfone groups is 1. The molecule has 1 aliphatic heterocycles. The summed E-state index contributed by atoms with van der Waals surface area (Å²) < 4.78 is 24.1. The van der Waals surface area contributed by atoms with Crippen LogP contribution in [-0.2, 0) is 9.84 Å². The third-order valence-electron chi connectivity index (χ3n) is 4.34. The van der Waals surface area contributed by atoms with Crippen molar-refractivity contribution in [2.45, 2.75) is 12.5 Å². The highest BCUT2D eigenvalue weighted by Gasteiger charge is 2.27. The Hall–Kier alpha value is -1.64. The van der Waals surface area contributed by atoms with Gasteiger partial charge in [-0.2, -0.15) is 0 Å². The summed E-state index contributed by atoms with van der Waals surface area (Å²) >= 11 is 1.58. The molecule has 0 saturated carbocycles. The van der Waals surface area contributed by atoms with Gasteiger partial charge in [0.05, 0.1) is 11.5 Å². The molecular weight excluding hydrogens is 358 g/mol. The number of hydrogen-bond acceptors (Lipinski definition) is 5. The number of rotatable bonds is 5. The predicted octanol–water partition coefficient (Wildman–Crippen LogP) is 1.53. The molecule has 0 radical (unpaired) electrons. The van der Waals surface area contributed by atoms with Crippen LogP contribution in [0.4, 0.5) is 0 Å². The normalized spacial score (nSPS) is 21.4. The van der Waals surface area contributed by atoms with E-state index in [0.717, 1.165) is 15.0 Å². The van der Waals surface area contributed by atoms with E-state index in [1.807, 2.05) is 30.3 Å². The van der Waals surface area contributed by atoms with Gasteiger partial charge in [-0.25, -0.2) is 8.42 Å². The van der Waals surface area contributed by atoms with Gasteiger partial charge in [0.25, 0.3) is 0 Å². The molecule has 1 aromatic carbocycles. The van der Waals surface area contributed by atoms with E-state index in [2.05, 4.69) is 15.6 Å². The Balaban J connectivity index is 1.50. The first kappa shape index (κ1) is 18.2. The number of aliphatic hydroxyl groups is 1. The van der Waals surface area contributed by atoms with Gasteiger partial charge in [-0.05, 0) is 29.9 Å². The monoisotopic (exact) mass is 381 g/mol. The highest BCUT2D eigenvalue weighted by molar-refractivity contribution is 7.91. The van der Waals surface area contributed by atoms with Gasteiger partial charge < -0.3 is 15.7 Å². The highest BCUT2D eigenvalue weighted by Crippen LogP contribution is 2.29. The summed E-state index contributed by atoms with van der Waals surface area (Å²) in [5, 5.41) is 17.8. The number of aliphatic imine (C=N–C) groups is 1. The molecule has 8 heteroatoms. The van der Waals surface area contributed by atoms with Crippen molar-refractivity contribution in [3.63, 3.8) is 0 Å². The number of nitrogens with one attached hydrogen (secondary N) is 2. The minimum absolute atomic E-state index is 0.121. The molecule has 2 unspecified atom stereocenters. The summed E-state index contributed by atoms with van der Waals surface area (Å²) in [5.41, 5.74) is 0. The fourth-order valence-corrected chi connectivity index (χ4v) is 5.87. The van der Waals surface area contributed by atoms with E-state index >= 15 is 0 Å². The van der Waals surface area contributed by atoms with Gasteiger partial charge in [-0.15, -0.1) is 11.3 Å². The average Bonchev–Trinajstić information content (AvgIpc) is 3.17. The minimum atomic E-state index is -2.86. The van der Waals surface area contributed by atoms with Crippen molar-refractivity contribution >= 4 is 37.2 Å². The van der Waals surface area contributed by atoms with Crippen LogP contribution in [-0.4, -0.2) is 51.1 Å². The van der Waals surface area contributed by atoms with Crippen molar-refractivity contribution in [3.8, 4) is 0 Å². The van der Waals surface area contributed by atoms with Crippen LogP contribution in [0.3, 0.4) is 0 Å². The van der Waals surface area contributed by atoms with E-state index < -0.39 is 15.9 Å². The number of fused-ring (bicyclic) bond motifs is 1. The van der Waals surface area contributed by atoms with Gasteiger partial charge >= 0.3 is 0 Å². The van der Waals surface area contributed by atoms with Gasteiger partial charge in [-0.1, -0.05) is 18.2 Å². The Bertz CT molecular complexity index is 828. The van der Waals surface area contributed by atoms with Crippen molar-refractivity contribution in [2.24, 2.45) is 10.9 Å². The maximum absolute atomic E-state index is 11.5. The first-order valence-electron chi connectivity index (χ1n) is 8.28. The van der Waals surface area contributed by atoms with Crippen molar-refractivity contribution in [1.29, 1.82) is 0 Å². The molecule has 1 aliphatic rings. The van der Waals surface area contributed by atoms with Gasteiger partial charge in [-0.3, -0.25) is 4.99 Å². The molecule has 25 heavy (non-hydrogen) atoms. The molecule has 0 bridgehead atoms. The van der Waals surface area contributed by atoms with Crippen molar-refractivity contribution in [2.75, 3.05) is 31.6 Å². The summed E-state index contributed by atoms with van der Waals surface area (Å²) in [7, 11) is -1.20. The van der Waals surface area contributed by atoms with Crippen molar-refractivity contribution in [1.82, 2.24) is 10.6 Å². The van der Waals surface area contributed by atoms with Crippen molar-refractivity contribution < 1.29 is 13.5 Å². The maximum atomic E-state index is 11.5. The maximum Gasteiger partial charge on any atom is 0.191 e. The minimum Gasteiger partial charge on any atom is -0.386 e. The van der Waals surface area contributed by atoms with E-state index in [9.17, 15) is 13.5 Å². The van der Waals surface area contributed by atoms with E-state index in [1.165, 1.54) is 0 Å². The van der Waals surface area contributed by atoms with E-state index in [0.29, 0.717) is 25.5 Å². The molecule has 2 heterocycles. The summed E-state index contributed by atoms with van der Waals surface area (Å²) in [6, 6.07) is 10.1. The molecule has 1 fully saturated rings. The fraction of sp³-hybridized carbons (Fsp3) is 0.471. The zero-order valence-electron chi connectivity index (χ0n) is 14.1. The molecule has 6 nitrogen and oxygen atoms in total. The van der Waals surface area contributed by atoms with Crippen LogP contribution in [0.2, 0.25) is 0 Å². The Kier molecular flexibility index (Phi) is 5.61. The quantitative estimate of drug-likeness (QED) is 0.540. The average molecular weight is 382 g/mol. The van der Waals surface area contributed by atoms with E-state index in [4.69, 9.17) is 0 Å². The van der Waals surface area contributed by atoms with Crippen LogP contribution in [0.15, 0.2) is 35.3 Å². The zero-order valence-corrected chi connectivity index (χ0v) is 15.7. The molecule has 136 valence electrons. The van der Waals surface area contributed by atoms with Gasteiger partial charge in [0.2, 0.25) is 0 Å². The Morgan fingerprint density at radius 1 is 1.40 bits per heavy atom. The Morgan fingerprint density at radius 2 is 2.20 bits per heavy atom.